The van der Waals surface area contributed by atoms with E-state index in [1.54, 1.807) is 17.0 Å². The topological polar surface area (TPSA) is 46.9 Å². The number of imidazole rings is 1. The van der Waals surface area contributed by atoms with E-state index in [1.165, 1.54) is 0 Å². The summed E-state index contributed by atoms with van der Waals surface area (Å²) in [5.74, 6) is 0.805. The van der Waals surface area contributed by atoms with Crippen molar-refractivity contribution in [3.63, 3.8) is 0 Å². The maximum atomic E-state index is 11.6. The summed E-state index contributed by atoms with van der Waals surface area (Å²) >= 11 is 0. The van der Waals surface area contributed by atoms with Gasteiger partial charge in [-0.1, -0.05) is 20.3 Å². The van der Waals surface area contributed by atoms with E-state index < -0.39 is 0 Å². The minimum absolute atomic E-state index is 0.0761. The molecule has 1 heterocycles. The molecule has 1 aromatic rings. The molecule has 0 bridgehead atoms. The molecule has 0 fully saturated rings. The standard InChI is InChI=1S/C10H17N3O/c1-3-5-6-12-10(14)13-8-7-11-9(13)4-2/h7-8H,3-6H2,1-2H3,(H,12,14). The number of unbranched alkanes of at least 4 members (excludes halogenated alkanes) is 1. The Morgan fingerprint density at radius 2 is 2.36 bits per heavy atom. The molecular weight excluding hydrogens is 178 g/mol. The van der Waals surface area contributed by atoms with Gasteiger partial charge in [0, 0.05) is 25.4 Å². The van der Waals surface area contributed by atoms with Gasteiger partial charge in [-0.05, 0) is 6.42 Å². The number of aromatic nitrogens is 2. The highest BCUT2D eigenvalue weighted by Crippen LogP contribution is 1.97. The number of nitrogens with zero attached hydrogens (tertiary/aromatic N) is 2. The highest BCUT2D eigenvalue weighted by Gasteiger charge is 2.07. The van der Waals surface area contributed by atoms with Crippen LogP contribution >= 0.6 is 0 Å². The fraction of sp³-hybridized carbons (Fsp3) is 0.600. The lowest BCUT2D eigenvalue weighted by Gasteiger charge is -2.06. The van der Waals surface area contributed by atoms with E-state index in [-0.39, 0.29) is 6.03 Å². The van der Waals surface area contributed by atoms with Crippen molar-refractivity contribution in [2.45, 2.75) is 33.1 Å². The Kier molecular flexibility index (Phi) is 4.16. The van der Waals surface area contributed by atoms with E-state index in [2.05, 4.69) is 17.2 Å². The maximum Gasteiger partial charge on any atom is 0.327 e. The molecule has 1 aromatic heterocycles. The number of nitrogens with one attached hydrogen (secondary N) is 1. The molecule has 78 valence electrons. The highest BCUT2D eigenvalue weighted by atomic mass is 16.2. The van der Waals surface area contributed by atoms with E-state index in [1.807, 2.05) is 6.92 Å². The number of carbonyl (C=O) groups is 1. The molecule has 4 heteroatoms. The normalized spacial score (nSPS) is 10.1. The van der Waals surface area contributed by atoms with Crippen molar-refractivity contribution in [3.05, 3.63) is 18.2 Å². The first kappa shape index (κ1) is 10.8. The number of amides is 1. The molecule has 0 aliphatic carbocycles. The Balaban J connectivity index is 2.51. The first-order valence-electron chi connectivity index (χ1n) is 5.10. The zero-order chi connectivity index (χ0) is 10.4. The van der Waals surface area contributed by atoms with E-state index in [0.29, 0.717) is 0 Å². The van der Waals surface area contributed by atoms with Gasteiger partial charge in [-0.15, -0.1) is 0 Å². The fourth-order valence-electron chi connectivity index (χ4n) is 1.24. The lowest BCUT2D eigenvalue weighted by Crippen LogP contribution is -2.30. The molecule has 1 amide bonds. The second-order valence-corrected chi connectivity index (χ2v) is 3.15. The van der Waals surface area contributed by atoms with Crippen LogP contribution in [-0.4, -0.2) is 22.1 Å². The summed E-state index contributed by atoms with van der Waals surface area (Å²) in [4.78, 5) is 15.7. The van der Waals surface area contributed by atoms with E-state index in [0.717, 1.165) is 31.6 Å². The van der Waals surface area contributed by atoms with Gasteiger partial charge in [0.15, 0.2) is 0 Å². The van der Waals surface area contributed by atoms with Crippen LogP contribution in [-0.2, 0) is 6.42 Å². The smallest absolute Gasteiger partial charge is 0.327 e. The summed E-state index contributed by atoms with van der Waals surface area (Å²) in [7, 11) is 0. The van der Waals surface area contributed by atoms with Crippen LogP contribution < -0.4 is 5.32 Å². The largest absolute Gasteiger partial charge is 0.337 e. The van der Waals surface area contributed by atoms with Gasteiger partial charge in [-0.3, -0.25) is 4.57 Å². The van der Waals surface area contributed by atoms with Crippen LogP contribution in [0.4, 0.5) is 4.79 Å². The zero-order valence-corrected chi connectivity index (χ0v) is 8.79. The van der Waals surface area contributed by atoms with Crippen LogP contribution in [0.2, 0.25) is 0 Å². The first-order valence-corrected chi connectivity index (χ1v) is 5.10. The molecular formula is C10H17N3O. The number of rotatable bonds is 4. The fourth-order valence-corrected chi connectivity index (χ4v) is 1.24. The van der Waals surface area contributed by atoms with Crippen LogP contribution in [0.15, 0.2) is 12.4 Å². The molecule has 0 spiro atoms. The predicted octanol–water partition coefficient (Wildman–Crippen LogP) is 1.80. The summed E-state index contributed by atoms with van der Waals surface area (Å²) in [6, 6.07) is -0.0761. The Morgan fingerprint density at radius 1 is 1.57 bits per heavy atom. The monoisotopic (exact) mass is 195 g/mol. The van der Waals surface area contributed by atoms with Crippen LogP contribution in [0, 0.1) is 0 Å². The SMILES string of the molecule is CCCCNC(=O)n1ccnc1CC. The summed E-state index contributed by atoms with van der Waals surface area (Å²) < 4.78 is 1.57. The highest BCUT2D eigenvalue weighted by molar-refractivity contribution is 5.77. The number of hydrogen-bond acceptors (Lipinski definition) is 2. The summed E-state index contributed by atoms with van der Waals surface area (Å²) in [5.41, 5.74) is 0. The van der Waals surface area contributed by atoms with Gasteiger partial charge >= 0.3 is 6.03 Å². The van der Waals surface area contributed by atoms with E-state index in [4.69, 9.17) is 0 Å². The van der Waals surface area contributed by atoms with Gasteiger partial charge in [-0.2, -0.15) is 0 Å². The van der Waals surface area contributed by atoms with Gasteiger partial charge in [-0.25, -0.2) is 9.78 Å². The summed E-state index contributed by atoms with van der Waals surface area (Å²) in [6.07, 6.45) is 6.22. The molecule has 1 rings (SSSR count). The lowest BCUT2D eigenvalue weighted by atomic mass is 10.3. The molecule has 0 radical (unpaired) electrons. The lowest BCUT2D eigenvalue weighted by molar-refractivity contribution is 0.241. The number of aryl methyl sites for hydroxylation is 1. The van der Waals surface area contributed by atoms with Crippen molar-refractivity contribution < 1.29 is 4.79 Å². The van der Waals surface area contributed by atoms with Crippen molar-refractivity contribution in [3.8, 4) is 0 Å². The average molecular weight is 195 g/mol. The quantitative estimate of drug-likeness (QED) is 0.745. The van der Waals surface area contributed by atoms with Crippen molar-refractivity contribution in [1.82, 2.24) is 14.9 Å². The van der Waals surface area contributed by atoms with Crippen LogP contribution in [0.1, 0.15) is 32.5 Å². The minimum Gasteiger partial charge on any atom is -0.337 e. The van der Waals surface area contributed by atoms with Gasteiger partial charge in [0.05, 0.1) is 0 Å². The molecule has 0 aliphatic heterocycles. The Morgan fingerprint density at radius 3 is 3.00 bits per heavy atom. The van der Waals surface area contributed by atoms with E-state index in [9.17, 15) is 4.79 Å². The maximum absolute atomic E-state index is 11.6. The Hall–Kier alpha value is -1.32. The molecule has 0 unspecified atom stereocenters. The van der Waals surface area contributed by atoms with Crippen LogP contribution in [0.25, 0.3) is 0 Å². The van der Waals surface area contributed by atoms with Crippen molar-refractivity contribution >= 4 is 6.03 Å². The molecule has 0 aromatic carbocycles. The summed E-state index contributed by atoms with van der Waals surface area (Å²) in [5, 5.41) is 2.84. The molecule has 0 saturated carbocycles. The third-order valence-electron chi connectivity index (χ3n) is 2.06. The molecule has 0 saturated heterocycles. The van der Waals surface area contributed by atoms with E-state index >= 15 is 0 Å². The second-order valence-electron chi connectivity index (χ2n) is 3.15. The van der Waals surface area contributed by atoms with Crippen LogP contribution in [0.5, 0.6) is 0 Å². The Bertz CT molecular complexity index is 293. The first-order chi connectivity index (χ1) is 6.79. The van der Waals surface area contributed by atoms with Crippen molar-refractivity contribution in [1.29, 1.82) is 0 Å². The third kappa shape index (κ3) is 2.58. The zero-order valence-electron chi connectivity index (χ0n) is 8.79. The predicted molar refractivity (Wildman–Crippen MR) is 55.3 cm³/mol. The van der Waals surface area contributed by atoms with Gasteiger partial charge in [0.2, 0.25) is 0 Å². The molecule has 1 N–H and O–H groups in total. The van der Waals surface area contributed by atoms with Crippen LogP contribution in [0.3, 0.4) is 0 Å². The molecule has 14 heavy (non-hydrogen) atoms. The van der Waals surface area contributed by atoms with Crippen molar-refractivity contribution in [2.75, 3.05) is 6.54 Å². The number of carbonyl (C=O) groups excluding carboxylic acids is 1. The van der Waals surface area contributed by atoms with Crippen molar-refractivity contribution in [2.24, 2.45) is 0 Å². The minimum atomic E-state index is -0.0761. The van der Waals surface area contributed by atoms with Gasteiger partial charge in [0.1, 0.15) is 5.82 Å². The Labute approximate surface area is 84.3 Å². The van der Waals surface area contributed by atoms with Gasteiger partial charge in [0.25, 0.3) is 0 Å². The molecule has 0 aliphatic rings. The average Bonchev–Trinajstić information content (AvgIpc) is 2.65. The second kappa shape index (κ2) is 5.42. The van der Waals surface area contributed by atoms with Gasteiger partial charge < -0.3 is 5.32 Å². The third-order valence-corrected chi connectivity index (χ3v) is 2.06. The number of hydrogen-bond donors (Lipinski definition) is 1. The summed E-state index contributed by atoms with van der Waals surface area (Å²) in [6.45, 7) is 4.82. The molecule has 0 atom stereocenters. The molecule has 4 nitrogen and oxygen atoms in total.